The number of phenolic OH excluding ortho intramolecular Hbond substituents is 1. The molecule has 0 bridgehead atoms. The number of thiophene rings is 1. The second kappa shape index (κ2) is 9.83. The summed E-state index contributed by atoms with van der Waals surface area (Å²) in [5.74, 6) is -0.141. The highest BCUT2D eigenvalue weighted by molar-refractivity contribution is 7.09. The molecule has 0 aliphatic heterocycles. The molecule has 3 N–H and O–H groups in total. The van der Waals surface area contributed by atoms with E-state index in [1.165, 1.54) is 4.88 Å². The van der Waals surface area contributed by atoms with Crippen LogP contribution >= 0.6 is 11.3 Å². The van der Waals surface area contributed by atoms with Crippen LogP contribution in [0.2, 0.25) is 0 Å². The number of phenols is 1. The van der Waals surface area contributed by atoms with Gasteiger partial charge >= 0.3 is 0 Å². The lowest BCUT2D eigenvalue weighted by atomic mass is 9.97. The molecule has 0 fully saturated rings. The molecule has 1 unspecified atom stereocenters. The number of aromatic nitrogens is 2. The standard InChI is InChI=1S/C26H26N4O2S/c1-17-13-22(18(2)30(17)16-20-8-6-12-33-20)26(32)29-24(21-9-3-4-10-25(21)31)14-23(27)19-7-5-11-28-15-19/h3-13,15,24,27,31H,14,16H2,1-2H3,(H,29,32). The maximum Gasteiger partial charge on any atom is 0.253 e. The fourth-order valence-electron chi connectivity index (χ4n) is 3.95. The van der Waals surface area contributed by atoms with Crippen molar-refractivity contribution >= 4 is 23.0 Å². The molecular weight excluding hydrogens is 432 g/mol. The number of para-hydroxylation sites is 1. The number of aromatic hydroxyl groups is 1. The highest BCUT2D eigenvalue weighted by Gasteiger charge is 2.23. The number of carbonyl (C=O) groups is 1. The Morgan fingerprint density at radius 2 is 2.00 bits per heavy atom. The molecule has 0 saturated heterocycles. The normalized spacial score (nSPS) is 11.8. The van der Waals surface area contributed by atoms with Crippen LogP contribution in [0.25, 0.3) is 0 Å². The van der Waals surface area contributed by atoms with Crippen molar-refractivity contribution in [2.45, 2.75) is 32.9 Å². The van der Waals surface area contributed by atoms with E-state index in [9.17, 15) is 9.90 Å². The maximum atomic E-state index is 13.4. The average Bonchev–Trinajstić information content (AvgIpc) is 3.43. The Morgan fingerprint density at radius 1 is 1.18 bits per heavy atom. The van der Waals surface area contributed by atoms with Gasteiger partial charge in [-0.25, -0.2) is 0 Å². The lowest BCUT2D eigenvalue weighted by molar-refractivity contribution is 0.0937. The van der Waals surface area contributed by atoms with Crippen molar-refractivity contribution in [3.63, 3.8) is 0 Å². The van der Waals surface area contributed by atoms with E-state index in [4.69, 9.17) is 5.41 Å². The van der Waals surface area contributed by atoms with Crippen LogP contribution in [-0.4, -0.2) is 26.3 Å². The van der Waals surface area contributed by atoms with E-state index in [0.29, 0.717) is 22.4 Å². The largest absolute Gasteiger partial charge is 0.508 e. The van der Waals surface area contributed by atoms with Gasteiger partial charge in [0.25, 0.3) is 5.91 Å². The van der Waals surface area contributed by atoms with Gasteiger partial charge in [0.2, 0.25) is 0 Å². The first kappa shape index (κ1) is 22.5. The van der Waals surface area contributed by atoms with Crippen LogP contribution in [0, 0.1) is 19.3 Å². The number of rotatable bonds is 8. The van der Waals surface area contributed by atoms with Gasteiger partial charge in [0.15, 0.2) is 0 Å². The minimum atomic E-state index is -0.563. The molecule has 0 radical (unpaired) electrons. The Labute approximate surface area is 197 Å². The Balaban J connectivity index is 1.60. The van der Waals surface area contributed by atoms with Gasteiger partial charge in [-0.3, -0.25) is 9.78 Å². The monoisotopic (exact) mass is 458 g/mol. The van der Waals surface area contributed by atoms with Gasteiger partial charge in [0.1, 0.15) is 5.75 Å². The van der Waals surface area contributed by atoms with Gasteiger partial charge in [-0.2, -0.15) is 0 Å². The first-order valence-corrected chi connectivity index (χ1v) is 11.6. The molecular formula is C26H26N4O2S. The van der Waals surface area contributed by atoms with Crippen molar-refractivity contribution in [3.05, 3.63) is 105 Å². The van der Waals surface area contributed by atoms with Crippen LogP contribution in [0.1, 0.15) is 50.2 Å². The molecule has 0 aliphatic carbocycles. The highest BCUT2D eigenvalue weighted by Crippen LogP contribution is 2.28. The third-order valence-electron chi connectivity index (χ3n) is 5.75. The molecule has 3 heterocycles. The summed E-state index contributed by atoms with van der Waals surface area (Å²) in [6.07, 6.45) is 3.51. The highest BCUT2D eigenvalue weighted by atomic mass is 32.1. The van der Waals surface area contributed by atoms with Crippen molar-refractivity contribution in [2.24, 2.45) is 0 Å². The zero-order chi connectivity index (χ0) is 23.4. The van der Waals surface area contributed by atoms with Crippen molar-refractivity contribution in [2.75, 3.05) is 0 Å². The Bertz CT molecular complexity index is 1260. The molecule has 0 saturated carbocycles. The molecule has 0 aliphatic rings. The summed E-state index contributed by atoms with van der Waals surface area (Å²) in [4.78, 5) is 18.7. The third-order valence-corrected chi connectivity index (χ3v) is 6.61. The van der Waals surface area contributed by atoms with Gasteiger partial charge in [-0.1, -0.05) is 30.3 Å². The molecule has 1 amide bonds. The molecule has 1 atom stereocenters. The number of nitrogens with zero attached hydrogens (tertiary/aromatic N) is 2. The summed E-state index contributed by atoms with van der Waals surface area (Å²) < 4.78 is 2.13. The molecule has 0 spiro atoms. The van der Waals surface area contributed by atoms with Crippen LogP contribution in [0.3, 0.4) is 0 Å². The van der Waals surface area contributed by atoms with Crippen molar-refractivity contribution in [3.8, 4) is 5.75 Å². The zero-order valence-electron chi connectivity index (χ0n) is 18.6. The summed E-state index contributed by atoms with van der Waals surface area (Å²) >= 11 is 1.69. The molecule has 1 aromatic carbocycles. The Kier molecular flexibility index (Phi) is 6.70. The van der Waals surface area contributed by atoms with Crippen LogP contribution < -0.4 is 5.32 Å². The number of aryl methyl sites for hydroxylation is 1. The van der Waals surface area contributed by atoms with E-state index in [2.05, 4.69) is 20.9 Å². The van der Waals surface area contributed by atoms with Gasteiger partial charge in [-0.05, 0) is 43.5 Å². The van der Waals surface area contributed by atoms with Crippen molar-refractivity contribution in [1.29, 1.82) is 5.41 Å². The van der Waals surface area contributed by atoms with E-state index in [-0.39, 0.29) is 18.1 Å². The Hall–Kier alpha value is -3.71. The Morgan fingerprint density at radius 3 is 2.70 bits per heavy atom. The number of hydrogen-bond donors (Lipinski definition) is 3. The van der Waals surface area contributed by atoms with Crippen LogP contribution in [-0.2, 0) is 6.54 Å². The minimum absolute atomic E-state index is 0.0879. The molecule has 6 nitrogen and oxygen atoms in total. The quantitative estimate of drug-likeness (QED) is 0.315. The first-order chi connectivity index (χ1) is 15.9. The first-order valence-electron chi connectivity index (χ1n) is 10.7. The van der Waals surface area contributed by atoms with Crippen LogP contribution in [0.5, 0.6) is 5.75 Å². The van der Waals surface area contributed by atoms with Gasteiger partial charge in [0, 0.05) is 51.9 Å². The third kappa shape index (κ3) is 5.04. The fraction of sp³-hybridized carbons (Fsp3) is 0.192. The number of benzene rings is 1. The number of hydrogen-bond acceptors (Lipinski definition) is 5. The fourth-order valence-corrected chi connectivity index (χ4v) is 4.65. The van der Waals surface area contributed by atoms with Crippen molar-refractivity contribution < 1.29 is 9.90 Å². The average molecular weight is 459 g/mol. The molecule has 168 valence electrons. The SMILES string of the molecule is Cc1cc(C(=O)NC(CC(=N)c2cccnc2)c2ccccc2O)c(C)n1Cc1cccs1. The molecule has 4 aromatic rings. The number of pyridine rings is 1. The number of nitrogens with one attached hydrogen (secondary N) is 2. The molecule has 3 aromatic heterocycles. The summed E-state index contributed by atoms with van der Waals surface area (Å²) in [5, 5.41) is 24.1. The van der Waals surface area contributed by atoms with Crippen LogP contribution in [0.15, 0.2) is 72.4 Å². The summed E-state index contributed by atoms with van der Waals surface area (Å²) in [6, 6.07) is 16.0. The summed E-state index contributed by atoms with van der Waals surface area (Å²) in [6.45, 7) is 4.66. The van der Waals surface area contributed by atoms with E-state index in [1.807, 2.05) is 43.5 Å². The lowest BCUT2D eigenvalue weighted by Gasteiger charge is -2.21. The zero-order valence-corrected chi connectivity index (χ0v) is 19.4. The van der Waals surface area contributed by atoms with Crippen LogP contribution in [0.4, 0.5) is 0 Å². The minimum Gasteiger partial charge on any atom is -0.508 e. The lowest BCUT2D eigenvalue weighted by Crippen LogP contribution is -2.30. The topological polar surface area (TPSA) is 91.0 Å². The van der Waals surface area contributed by atoms with Crippen molar-refractivity contribution in [1.82, 2.24) is 14.9 Å². The smallest absolute Gasteiger partial charge is 0.253 e. The second-order valence-corrected chi connectivity index (χ2v) is 8.99. The number of amides is 1. The maximum absolute atomic E-state index is 13.4. The summed E-state index contributed by atoms with van der Waals surface area (Å²) in [5.41, 5.74) is 4.08. The molecule has 4 rings (SSSR count). The van der Waals surface area contributed by atoms with Gasteiger partial charge in [-0.15, -0.1) is 11.3 Å². The van der Waals surface area contributed by atoms with E-state index < -0.39 is 6.04 Å². The molecule has 7 heteroatoms. The predicted molar refractivity (Wildman–Crippen MR) is 131 cm³/mol. The van der Waals surface area contributed by atoms with Gasteiger partial charge in [0.05, 0.1) is 18.2 Å². The van der Waals surface area contributed by atoms with E-state index >= 15 is 0 Å². The van der Waals surface area contributed by atoms with Gasteiger partial charge < -0.3 is 20.4 Å². The van der Waals surface area contributed by atoms with E-state index in [0.717, 1.165) is 17.9 Å². The molecule has 33 heavy (non-hydrogen) atoms. The predicted octanol–water partition coefficient (Wildman–Crippen LogP) is 5.24. The summed E-state index contributed by atoms with van der Waals surface area (Å²) in [7, 11) is 0. The second-order valence-electron chi connectivity index (χ2n) is 7.96. The van der Waals surface area contributed by atoms with E-state index in [1.54, 1.807) is 48.0 Å². The number of carbonyl (C=O) groups excluding carboxylic acids is 1.